The third-order valence-electron chi connectivity index (χ3n) is 4.14. The molecule has 2 unspecified atom stereocenters. The molecule has 0 aromatic heterocycles. The molecule has 4 N–H and O–H groups in total. The lowest BCUT2D eigenvalue weighted by atomic mass is 9.73. The molecule has 0 saturated heterocycles. The van der Waals surface area contributed by atoms with E-state index in [4.69, 9.17) is 20.3 Å². The van der Waals surface area contributed by atoms with Gasteiger partial charge in [-0.15, -0.1) is 0 Å². The van der Waals surface area contributed by atoms with E-state index in [-0.39, 0.29) is 23.9 Å². The molecule has 1 heterocycles. The second kappa shape index (κ2) is 5.02. The molecule has 0 bridgehead atoms. The third kappa shape index (κ3) is 2.09. The van der Waals surface area contributed by atoms with Crippen molar-refractivity contribution < 1.29 is 18.4 Å². The highest BCUT2D eigenvalue weighted by molar-refractivity contribution is 5.96. The molecule has 0 spiro atoms. The van der Waals surface area contributed by atoms with Gasteiger partial charge in [-0.1, -0.05) is 30.3 Å². The molecule has 5 nitrogen and oxygen atoms in total. The highest BCUT2D eigenvalue weighted by Gasteiger charge is 2.47. The zero-order valence-electron chi connectivity index (χ0n) is 14.8. The number of primary amides is 2. The summed E-state index contributed by atoms with van der Waals surface area (Å²) in [5, 5.41) is 0. The van der Waals surface area contributed by atoms with Gasteiger partial charge in [0.2, 0.25) is 11.8 Å². The first-order valence-corrected chi connectivity index (χ1v) is 6.91. The fraction of sp³-hybridized carbons (Fsp3) is 0.294. The Bertz CT molecular complexity index is 799. The van der Waals surface area contributed by atoms with Crippen LogP contribution in [0, 0.1) is 5.41 Å². The summed E-state index contributed by atoms with van der Waals surface area (Å²) < 4.78 is 29.4. The number of ether oxygens (including phenoxy) is 1. The number of carbonyl (C=O) groups is 2. The highest BCUT2D eigenvalue weighted by atomic mass is 16.5. The lowest BCUT2D eigenvalue weighted by Gasteiger charge is -2.31. The Morgan fingerprint density at radius 1 is 1.32 bits per heavy atom. The predicted molar refractivity (Wildman–Crippen MR) is 81.4 cm³/mol. The van der Waals surface area contributed by atoms with E-state index in [1.165, 1.54) is 6.08 Å². The van der Waals surface area contributed by atoms with E-state index in [0.717, 1.165) is 5.56 Å². The molecule has 0 saturated carbocycles. The van der Waals surface area contributed by atoms with Crippen molar-refractivity contribution >= 4 is 11.8 Å². The number of allylic oxidation sites excluding steroid dienone is 1. The van der Waals surface area contributed by atoms with Crippen molar-refractivity contribution in [3.8, 4) is 0 Å². The fourth-order valence-electron chi connectivity index (χ4n) is 2.96. The molecule has 3 rings (SSSR count). The molecule has 5 heteroatoms. The third-order valence-corrected chi connectivity index (χ3v) is 4.14. The topological polar surface area (TPSA) is 95.4 Å². The van der Waals surface area contributed by atoms with Crippen LogP contribution in [0.3, 0.4) is 0 Å². The van der Waals surface area contributed by atoms with Gasteiger partial charge < -0.3 is 16.2 Å². The van der Waals surface area contributed by atoms with E-state index in [9.17, 15) is 9.59 Å². The minimum atomic E-state index is -2.78. The second-order valence-electron chi connectivity index (χ2n) is 5.54. The number of carbonyl (C=O) groups excluding carboxylic acids is 2. The number of hydrogen-bond acceptors (Lipinski definition) is 3. The number of amides is 2. The molecular formula is C17H18N2O3. The van der Waals surface area contributed by atoms with Crippen molar-refractivity contribution in [3.63, 3.8) is 0 Å². The summed E-state index contributed by atoms with van der Waals surface area (Å²) in [5.74, 6) is -2.11. The first-order valence-electron chi connectivity index (χ1n) is 8.41. The summed E-state index contributed by atoms with van der Waals surface area (Å²) in [7, 11) is 0. The minimum Gasteiger partial charge on any atom is -0.495 e. The molecular weight excluding hydrogens is 280 g/mol. The SMILES string of the molecule is [2H]C([2H])([2H])C1(C(N)=O)CC(C(N)=O)=CC2=C1OCC2c1ccccc1. The van der Waals surface area contributed by atoms with Gasteiger partial charge in [0, 0.05) is 21.2 Å². The van der Waals surface area contributed by atoms with Crippen LogP contribution in [0.4, 0.5) is 0 Å². The van der Waals surface area contributed by atoms with E-state index in [0.29, 0.717) is 5.57 Å². The van der Waals surface area contributed by atoms with Gasteiger partial charge >= 0.3 is 0 Å². The van der Waals surface area contributed by atoms with Crippen molar-refractivity contribution in [2.75, 3.05) is 6.61 Å². The molecule has 0 fully saturated rings. The Kier molecular flexibility index (Phi) is 2.52. The molecule has 2 amide bonds. The van der Waals surface area contributed by atoms with Crippen LogP contribution in [0.2, 0.25) is 0 Å². The standard InChI is InChI=1S/C17H18N2O3/c1-17(16(19)21)8-11(15(18)20)7-12-13(9-22-14(12)17)10-5-3-2-4-6-10/h2-7,13H,8-9H2,1H3,(H2,18,20)(H2,19,21)/i1D3. The first kappa shape index (κ1) is 11.1. The Hall–Kier alpha value is -2.56. The van der Waals surface area contributed by atoms with E-state index < -0.39 is 30.5 Å². The van der Waals surface area contributed by atoms with Gasteiger partial charge in [0.1, 0.15) is 11.2 Å². The number of benzene rings is 1. The van der Waals surface area contributed by atoms with Crippen LogP contribution in [0.25, 0.3) is 0 Å². The lowest BCUT2D eigenvalue weighted by molar-refractivity contribution is -0.126. The molecule has 1 aliphatic carbocycles. The van der Waals surface area contributed by atoms with Gasteiger partial charge in [-0.05, 0) is 24.9 Å². The lowest BCUT2D eigenvalue weighted by Crippen LogP contribution is -2.40. The van der Waals surface area contributed by atoms with Gasteiger partial charge in [0.25, 0.3) is 0 Å². The van der Waals surface area contributed by atoms with Crippen molar-refractivity contribution in [1.82, 2.24) is 0 Å². The average Bonchev–Trinajstić information content (AvgIpc) is 2.97. The molecule has 2 aliphatic rings. The Morgan fingerprint density at radius 3 is 2.64 bits per heavy atom. The molecule has 114 valence electrons. The molecule has 1 aromatic rings. The molecule has 22 heavy (non-hydrogen) atoms. The van der Waals surface area contributed by atoms with Crippen LogP contribution in [-0.2, 0) is 14.3 Å². The van der Waals surface area contributed by atoms with E-state index in [2.05, 4.69) is 0 Å². The second-order valence-corrected chi connectivity index (χ2v) is 5.54. The van der Waals surface area contributed by atoms with Crippen LogP contribution in [0.15, 0.2) is 53.3 Å². The molecule has 2 atom stereocenters. The summed E-state index contributed by atoms with van der Waals surface area (Å²) >= 11 is 0. The zero-order chi connectivity index (χ0) is 18.4. The maximum Gasteiger partial charge on any atom is 0.244 e. The zero-order valence-corrected chi connectivity index (χ0v) is 11.8. The van der Waals surface area contributed by atoms with Crippen molar-refractivity contribution in [2.45, 2.75) is 19.2 Å². The van der Waals surface area contributed by atoms with Gasteiger partial charge in [-0.3, -0.25) is 9.59 Å². The number of hydrogen-bond donors (Lipinski definition) is 2. The summed E-state index contributed by atoms with van der Waals surface area (Å²) in [5.41, 5.74) is 10.2. The van der Waals surface area contributed by atoms with Gasteiger partial charge in [0.15, 0.2) is 0 Å². The fourth-order valence-corrected chi connectivity index (χ4v) is 2.96. The Balaban J connectivity index is 2.23. The summed E-state index contributed by atoms with van der Waals surface area (Å²) in [4.78, 5) is 24.0. The Labute approximate surface area is 132 Å². The normalized spacial score (nSPS) is 29.5. The minimum absolute atomic E-state index is 0.0267. The van der Waals surface area contributed by atoms with E-state index in [1.807, 2.05) is 30.3 Å². The maximum absolute atomic E-state index is 12.2. The van der Waals surface area contributed by atoms with Crippen molar-refractivity contribution in [1.29, 1.82) is 0 Å². The quantitative estimate of drug-likeness (QED) is 0.882. The van der Waals surface area contributed by atoms with Gasteiger partial charge in [-0.2, -0.15) is 0 Å². The molecule has 1 aliphatic heterocycles. The monoisotopic (exact) mass is 301 g/mol. The van der Waals surface area contributed by atoms with Crippen molar-refractivity contribution in [2.24, 2.45) is 16.9 Å². The number of nitrogens with two attached hydrogens (primary N) is 2. The Morgan fingerprint density at radius 2 is 2.05 bits per heavy atom. The van der Waals surface area contributed by atoms with Crippen LogP contribution in [0.5, 0.6) is 0 Å². The molecule has 0 radical (unpaired) electrons. The van der Waals surface area contributed by atoms with Crippen LogP contribution < -0.4 is 11.5 Å². The van der Waals surface area contributed by atoms with Crippen molar-refractivity contribution in [3.05, 3.63) is 58.9 Å². The van der Waals surface area contributed by atoms with Crippen LogP contribution in [0.1, 0.15) is 28.9 Å². The van der Waals surface area contributed by atoms with Gasteiger partial charge in [0.05, 0.1) is 6.61 Å². The first-order chi connectivity index (χ1) is 11.7. The summed E-state index contributed by atoms with van der Waals surface area (Å²) in [6, 6.07) is 9.30. The predicted octanol–water partition coefficient (Wildman–Crippen LogP) is 1.36. The van der Waals surface area contributed by atoms with E-state index >= 15 is 0 Å². The van der Waals surface area contributed by atoms with E-state index in [1.54, 1.807) is 0 Å². The largest absolute Gasteiger partial charge is 0.495 e. The number of rotatable bonds is 3. The summed E-state index contributed by atoms with van der Waals surface area (Å²) in [6.45, 7) is -2.61. The maximum atomic E-state index is 12.2. The van der Waals surface area contributed by atoms with Gasteiger partial charge in [-0.25, -0.2) is 0 Å². The highest BCUT2D eigenvalue weighted by Crippen LogP contribution is 2.48. The smallest absolute Gasteiger partial charge is 0.244 e. The average molecular weight is 301 g/mol. The van der Waals surface area contributed by atoms with Crippen LogP contribution in [-0.4, -0.2) is 18.4 Å². The molecule has 1 aromatic carbocycles. The van der Waals surface area contributed by atoms with Crippen LogP contribution >= 0.6 is 0 Å². The summed E-state index contributed by atoms with van der Waals surface area (Å²) in [6.07, 6.45) is 1.14.